The van der Waals surface area contributed by atoms with Gasteiger partial charge in [0.25, 0.3) is 0 Å². The zero-order valence-electron chi connectivity index (χ0n) is 19.3. The molecular weight excluding hydrogens is 420 g/mol. The van der Waals surface area contributed by atoms with E-state index in [1.165, 1.54) is 13.8 Å². The molecular formula is C26H30N2O5. The van der Waals surface area contributed by atoms with Crippen LogP contribution >= 0.6 is 0 Å². The van der Waals surface area contributed by atoms with E-state index in [9.17, 15) is 19.5 Å². The van der Waals surface area contributed by atoms with Gasteiger partial charge in [-0.15, -0.1) is 0 Å². The number of carboxylic acids is 1. The highest BCUT2D eigenvalue weighted by Gasteiger charge is 2.33. The van der Waals surface area contributed by atoms with Gasteiger partial charge in [0.2, 0.25) is 5.91 Å². The Labute approximate surface area is 193 Å². The van der Waals surface area contributed by atoms with Crippen LogP contribution in [0, 0.1) is 0 Å². The maximum atomic E-state index is 12.7. The summed E-state index contributed by atoms with van der Waals surface area (Å²) in [6.07, 6.45) is 1.29. The Balaban J connectivity index is 1.70. The van der Waals surface area contributed by atoms with Crippen molar-refractivity contribution in [2.45, 2.75) is 51.6 Å². The van der Waals surface area contributed by atoms with Gasteiger partial charge in [-0.05, 0) is 56.4 Å². The first-order chi connectivity index (χ1) is 15.6. The van der Waals surface area contributed by atoms with Gasteiger partial charge >= 0.3 is 12.1 Å². The molecule has 0 bridgehead atoms. The molecule has 0 aromatic heterocycles. The molecule has 174 valence electrons. The minimum Gasteiger partial charge on any atom is -0.480 e. The minimum atomic E-state index is -1.47. The van der Waals surface area contributed by atoms with E-state index >= 15 is 0 Å². The number of nitrogens with one attached hydrogen (secondary N) is 2. The quantitative estimate of drug-likeness (QED) is 0.522. The van der Waals surface area contributed by atoms with Gasteiger partial charge in [0.05, 0.1) is 0 Å². The van der Waals surface area contributed by atoms with Gasteiger partial charge in [-0.25, -0.2) is 9.59 Å². The number of hydrogen-bond donors (Lipinski definition) is 3. The van der Waals surface area contributed by atoms with Crippen LogP contribution in [-0.4, -0.2) is 41.3 Å². The average molecular weight is 451 g/mol. The van der Waals surface area contributed by atoms with E-state index in [-0.39, 0.29) is 18.9 Å². The average Bonchev–Trinajstić information content (AvgIpc) is 3.08. The number of alkyl carbamates (subject to hydrolysis) is 1. The number of carboxylic acid groups (broad SMARTS) is 1. The van der Waals surface area contributed by atoms with Crippen LogP contribution in [0.4, 0.5) is 4.79 Å². The number of allylic oxidation sites excluding steroid dienone is 1. The SMILES string of the molecule is CC(C)=CCC(NC(=O)OCC1c2ccccc2-c2ccccc21)C(=O)NC(C)(C)C(=O)O. The van der Waals surface area contributed by atoms with E-state index in [0.29, 0.717) is 0 Å². The fourth-order valence-corrected chi connectivity index (χ4v) is 3.82. The molecule has 0 saturated carbocycles. The third kappa shape index (κ3) is 5.61. The number of aliphatic carboxylic acids is 1. The third-order valence-corrected chi connectivity index (χ3v) is 5.68. The summed E-state index contributed by atoms with van der Waals surface area (Å²) in [5.74, 6) is -1.86. The number of fused-ring (bicyclic) bond motifs is 3. The maximum absolute atomic E-state index is 12.7. The topological polar surface area (TPSA) is 105 Å². The second-order valence-corrected chi connectivity index (χ2v) is 8.96. The smallest absolute Gasteiger partial charge is 0.407 e. The standard InChI is InChI=1S/C26H30N2O5/c1-16(2)13-14-22(23(29)28-26(3,4)24(30)31)27-25(32)33-15-21-19-11-7-5-9-17(19)18-10-6-8-12-20(18)21/h5-13,21-22H,14-15H2,1-4H3,(H,27,32)(H,28,29)(H,30,31). The molecule has 0 aliphatic heterocycles. The van der Waals surface area contributed by atoms with E-state index < -0.39 is 29.6 Å². The van der Waals surface area contributed by atoms with Gasteiger partial charge < -0.3 is 20.5 Å². The molecule has 7 heteroatoms. The molecule has 2 aromatic rings. The first-order valence-corrected chi connectivity index (χ1v) is 10.9. The monoisotopic (exact) mass is 450 g/mol. The number of benzene rings is 2. The molecule has 33 heavy (non-hydrogen) atoms. The van der Waals surface area contributed by atoms with Crippen LogP contribution in [0.5, 0.6) is 0 Å². The van der Waals surface area contributed by atoms with Crippen molar-refractivity contribution >= 4 is 18.0 Å². The summed E-state index contributed by atoms with van der Waals surface area (Å²) in [6, 6.07) is 15.1. The Kier molecular flexibility index (Phi) is 7.21. The minimum absolute atomic E-state index is 0.0980. The summed E-state index contributed by atoms with van der Waals surface area (Å²) in [7, 11) is 0. The van der Waals surface area contributed by atoms with Crippen LogP contribution in [0.25, 0.3) is 11.1 Å². The van der Waals surface area contributed by atoms with Crippen molar-refractivity contribution in [3.63, 3.8) is 0 Å². The van der Waals surface area contributed by atoms with Gasteiger partial charge in [0, 0.05) is 5.92 Å². The molecule has 0 radical (unpaired) electrons. The molecule has 1 aliphatic rings. The highest BCUT2D eigenvalue weighted by atomic mass is 16.5. The Morgan fingerprint density at radius 2 is 1.58 bits per heavy atom. The molecule has 0 spiro atoms. The summed E-state index contributed by atoms with van der Waals surface area (Å²) in [5, 5.41) is 14.4. The Morgan fingerprint density at radius 3 is 2.09 bits per heavy atom. The lowest BCUT2D eigenvalue weighted by Gasteiger charge is -2.25. The lowest BCUT2D eigenvalue weighted by Crippen LogP contribution is -2.56. The van der Waals surface area contributed by atoms with Gasteiger partial charge in [0.15, 0.2) is 0 Å². The molecule has 3 N–H and O–H groups in total. The summed E-state index contributed by atoms with van der Waals surface area (Å²) in [6.45, 7) is 6.65. The van der Waals surface area contributed by atoms with Crippen molar-refractivity contribution in [2.24, 2.45) is 0 Å². The van der Waals surface area contributed by atoms with Gasteiger partial charge in [-0.3, -0.25) is 4.79 Å². The van der Waals surface area contributed by atoms with Crippen LogP contribution < -0.4 is 10.6 Å². The number of carbonyl (C=O) groups is 3. The van der Waals surface area contributed by atoms with Crippen molar-refractivity contribution in [2.75, 3.05) is 6.61 Å². The van der Waals surface area contributed by atoms with E-state index in [1.807, 2.05) is 56.3 Å². The summed E-state index contributed by atoms with van der Waals surface area (Å²) in [5.41, 5.74) is 3.93. The molecule has 2 aromatic carbocycles. The molecule has 0 fully saturated rings. The first kappa shape index (κ1) is 24.0. The van der Waals surface area contributed by atoms with E-state index in [1.54, 1.807) is 0 Å². The second kappa shape index (κ2) is 9.90. The number of ether oxygens (including phenoxy) is 1. The van der Waals surface area contributed by atoms with Crippen molar-refractivity contribution in [1.82, 2.24) is 10.6 Å². The first-order valence-electron chi connectivity index (χ1n) is 10.9. The number of carbonyl (C=O) groups excluding carboxylic acids is 2. The second-order valence-electron chi connectivity index (χ2n) is 8.96. The van der Waals surface area contributed by atoms with E-state index in [4.69, 9.17) is 4.74 Å². The Hall–Kier alpha value is -3.61. The van der Waals surface area contributed by atoms with Crippen LogP contribution in [0.1, 0.15) is 51.2 Å². The molecule has 1 aliphatic carbocycles. The molecule has 3 rings (SSSR count). The fourth-order valence-electron chi connectivity index (χ4n) is 3.82. The van der Waals surface area contributed by atoms with Crippen LogP contribution in [0.15, 0.2) is 60.2 Å². The molecule has 7 nitrogen and oxygen atoms in total. The fraction of sp³-hybridized carbons (Fsp3) is 0.346. The lowest BCUT2D eigenvalue weighted by molar-refractivity contribution is -0.146. The van der Waals surface area contributed by atoms with Gasteiger partial charge in [-0.2, -0.15) is 0 Å². The lowest BCUT2D eigenvalue weighted by atomic mass is 9.98. The zero-order chi connectivity index (χ0) is 24.2. The highest BCUT2D eigenvalue weighted by Crippen LogP contribution is 2.44. The molecule has 1 atom stereocenters. The van der Waals surface area contributed by atoms with Crippen LogP contribution in [0.2, 0.25) is 0 Å². The van der Waals surface area contributed by atoms with E-state index in [2.05, 4.69) is 22.8 Å². The predicted molar refractivity (Wildman–Crippen MR) is 126 cm³/mol. The molecule has 1 unspecified atom stereocenters. The normalized spacial score (nSPS) is 13.3. The van der Waals surface area contributed by atoms with Crippen molar-refractivity contribution in [3.8, 4) is 11.1 Å². The number of hydrogen-bond acceptors (Lipinski definition) is 4. The summed E-state index contributed by atoms with van der Waals surface area (Å²) >= 11 is 0. The maximum Gasteiger partial charge on any atom is 0.407 e. The van der Waals surface area contributed by atoms with Crippen molar-refractivity contribution < 1.29 is 24.2 Å². The van der Waals surface area contributed by atoms with Gasteiger partial charge in [0.1, 0.15) is 18.2 Å². The van der Waals surface area contributed by atoms with Crippen LogP contribution in [-0.2, 0) is 14.3 Å². The van der Waals surface area contributed by atoms with Crippen molar-refractivity contribution in [1.29, 1.82) is 0 Å². The van der Waals surface area contributed by atoms with Crippen LogP contribution in [0.3, 0.4) is 0 Å². The number of amides is 2. The largest absolute Gasteiger partial charge is 0.480 e. The van der Waals surface area contributed by atoms with E-state index in [0.717, 1.165) is 27.8 Å². The van der Waals surface area contributed by atoms with Gasteiger partial charge in [-0.1, -0.05) is 60.2 Å². The molecule has 0 heterocycles. The molecule has 0 saturated heterocycles. The Morgan fingerprint density at radius 1 is 1.03 bits per heavy atom. The molecule has 2 amide bonds. The Bertz CT molecular complexity index is 1040. The zero-order valence-corrected chi connectivity index (χ0v) is 19.3. The van der Waals surface area contributed by atoms with Crippen molar-refractivity contribution in [3.05, 3.63) is 71.3 Å². The summed E-state index contributed by atoms with van der Waals surface area (Å²) in [4.78, 5) is 36.7. The third-order valence-electron chi connectivity index (χ3n) is 5.68. The predicted octanol–water partition coefficient (Wildman–Crippen LogP) is 4.23. The highest BCUT2D eigenvalue weighted by molar-refractivity contribution is 5.91. The number of rotatable bonds is 8. The summed E-state index contributed by atoms with van der Waals surface area (Å²) < 4.78 is 5.54.